The first-order valence-corrected chi connectivity index (χ1v) is 9.52. The molecule has 1 aliphatic rings. The van der Waals surface area contributed by atoms with E-state index in [-0.39, 0.29) is 18.1 Å². The topological polar surface area (TPSA) is 54.7 Å². The van der Waals surface area contributed by atoms with Gasteiger partial charge in [0.2, 0.25) is 5.91 Å². The second kappa shape index (κ2) is 7.92. The Kier molecular flexibility index (Phi) is 5.19. The molecule has 0 saturated carbocycles. The second-order valence-electron chi connectivity index (χ2n) is 7.06. The summed E-state index contributed by atoms with van der Waals surface area (Å²) < 4.78 is 24.6. The molecule has 0 spiro atoms. The van der Waals surface area contributed by atoms with E-state index in [9.17, 15) is 9.18 Å². The fourth-order valence-electron chi connectivity index (χ4n) is 3.71. The van der Waals surface area contributed by atoms with Crippen LogP contribution >= 0.6 is 0 Å². The van der Waals surface area contributed by atoms with Gasteiger partial charge in [-0.15, -0.1) is 0 Å². The summed E-state index contributed by atoms with van der Waals surface area (Å²) in [6.45, 7) is 1.84. The highest BCUT2D eigenvalue weighted by Crippen LogP contribution is 2.30. The first-order chi connectivity index (χ1) is 13.6. The zero-order valence-electron chi connectivity index (χ0n) is 15.8. The Bertz CT molecular complexity index is 993. The molecule has 2 aromatic carbocycles. The van der Waals surface area contributed by atoms with E-state index in [1.165, 1.54) is 18.6 Å². The van der Waals surface area contributed by atoms with E-state index in [1.807, 2.05) is 12.1 Å². The Labute approximate surface area is 163 Å². The van der Waals surface area contributed by atoms with Gasteiger partial charge in [0.1, 0.15) is 17.1 Å². The molecular formula is C22H23FN2O3. The predicted octanol–water partition coefficient (Wildman–Crippen LogP) is 4.75. The van der Waals surface area contributed by atoms with Crippen LogP contribution in [0.1, 0.15) is 24.8 Å². The van der Waals surface area contributed by atoms with E-state index in [1.54, 1.807) is 25.5 Å². The van der Waals surface area contributed by atoms with Gasteiger partial charge in [-0.1, -0.05) is 0 Å². The summed E-state index contributed by atoms with van der Waals surface area (Å²) in [6.07, 6.45) is 5.15. The average Bonchev–Trinajstić information content (AvgIpc) is 3.10. The largest absolute Gasteiger partial charge is 0.497 e. The minimum absolute atomic E-state index is 0.148. The van der Waals surface area contributed by atoms with Crippen LogP contribution in [0.4, 0.5) is 15.8 Å². The molecule has 0 atom stereocenters. The van der Waals surface area contributed by atoms with Gasteiger partial charge >= 0.3 is 0 Å². The molecule has 1 aromatic heterocycles. The maximum absolute atomic E-state index is 13.8. The van der Waals surface area contributed by atoms with Crippen molar-refractivity contribution in [2.75, 3.05) is 30.4 Å². The lowest BCUT2D eigenvalue weighted by Crippen LogP contribution is -2.30. The Hall–Kier alpha value is -3.02. The number of methoxy groups -OCH3 is 1. The summed E-state index contributed by atoms with van der Waals surface area (Å²) >= 11 is 0. The number of fused-ring (bicyclic) bond motifs is 1. The zero-order valence-corrected chi connectivity index (χ0v) is 15.8. The lowest BCUT2D eigenvalue weighted by molar-refractivity contribution is -0.115. The zero-order chi connectivity index (χ0) is 19.5. The molecule has 3 aromatic rings. The SMILES string of the molecule is COc1ccc2c(CC(=O)Nc3cc(F)ccc3N3CCCCC3)coc2c1. The summed E-state index contributed by atoms with van der Waals surface area (Å²) in [7, 11) is 1.59. The number of furan rings is 1. The van der Waals surface area contributed by atoms with E-state index in [0.29, 0.717) is 17.0 Å². The maximum Gasteiger partial charge on any atom is 0.228 e. The molecule has 1 saturated heterocycles. The van der Waals surface area contributed by atoms with E-state index in [4.69, 9.17) is 9.15 Å². The van der Waals surface area contributed by atoms with Crippen LogP contribution in [0, 0.1) is 5.82 Å². The third kappa shape index (κ3) is 3.81. The molecule has 0 aliphatic carbocycles. The van der Waals surface area contributed by atoms with E-state index in [0.717, 1.165) is 42.6 Å². The maximum atomic E-state index is 13.8. The summed E-state index contributed by atoms with van der Waals surface area (Å²) in [5.41, 5.74) is 2.84. The number of amides is 1. The van der Waals surface area contributed by atoms with Gasteiger partial charge in [0.15, 0.2) is 0 Å². The monoisotopic (exact) mass is 382 g/mol. The Balaban J connectivity index is 1.53. The van der Waals surface area contributed by atoms with Crippen molar-refractivity contribution in [2.24, 2.45) is 0 Å². The van der Waals surface area contributed by atoms with Crippen molar-refractivity contribution in [2.45, 2.75) is 25.7 Å². The van der Waals surface area contributed by atoms with Crippen molar-refractivity contribution < 1.29 is 18.3 Å². The van der Waals surface area contributed by atoms with Crippen molar-refractivity contribution in [1.82, 2.24) is 0 Å². The van der Waals surface area contributed by atoms with Gasteiger partial charge < -0.3 is 19.4 Å². The third-order valence-electron chi connectivity index (χ3n) is 5.14. The van der Waals surface area contributed by atoms with Crippen molar-refractivity contribution in [1.29, 1.82) is 0 Å². The highest BCUT2D eigenvalue weighted by Gasteiger charge is 2.18. The predicted molar refractivity (Wildman–Crippen MR) is 108 cm³/mol. The van der Waals surface area contributed by atoms with Gasteiger partial charge in [0.05, 0.1) is 31.2 Å². The van der Waals surface area contributed by atoms with E-state index < -0.39 is 0 Å². The van der Waals surface area contributed by atoms with Crippen molar-refractivity contribution in [3.05, 3.63) is 54.0 Å². The molecule has 1 N–H and O–H groups in total. The summed E-state index contributed by atoms with van der Waals surface area (Å²) in [5.74, 6) is 0.128. The Morgan fingerprint density at radius 3 is 2.79 bits per heavy atom. The summed E-state index contributed by atoms with van der Waals surface area (Å²) in [6, 6.07) is 10.1. The molecule has 0 unspecified atom stereocenters. The molecule has 6 heteroatoms. The number of carbonyl (C=O) groups excluding carboxylic acids is 1. The van der Waals surface area contributed by atoms with Gasteiger partial charge in [-0.3, -0.25) is 4.79 Å². The number of hydrogen-bond donors (Lipinski definition) is 1. The lowest BCUT2D eigenvalue weighted by Gasteiger charge is -2.30. The standard InChI is InChI=1S/C22H23FN2O3/c1-27-17-6-7-18-15(14-28-21(18)13-17)11-22(26)24-19-12-16(23)5-8-20(19)25-9-3-2-4-10-25/h5-8,12-14H,2-4,9-11H2,1H3,(H,24,26). The highest BCUT2D eigenvalue weighted by molar-refractivity contribution is 5.97. The number of carbonyl (C=O) groups is 1. The molecule has 146 valence electrons. The van der Waals surface area contributed by atoms with E-state index >= 15 is 0 Å². The third-order valence-corrected chi connectivity index (χ3v) is 5.14. The highest BCUT2D eigenvalue weighted by atomic mass is 19.1. The van der Waals surface area contributed by atoms with Crippen LogP contribution < -0.4 is 15.0 Å². The number of nitrogens with zero attached hydrogens (tertiary/aromatic N) is 1. The van der Waals surface area contributed by atoms with Crippen LogP contribution in [0.15, 0.2) is 47.1 Å². The minimum atomic E-state index is -0.364. The van der Waals surface area contributed by atoms with Crippen LogP contribution in [0.5, 0.6) is 5.75 Å². The van der Waals surface area contributed by atoms with Gasteiger partial charge in [-0.25, -0.2) is 4.39 Å². The number of piperidine rings is 1. The van der Waals surface area contributed by atoms with Crippen molar-refractivity contribution in [3.63, 3.8) is 0 Å². The molecule has 1 aliphatic heterocycles. The number of ether oxygens (including phenoxy) is 1. The number of rotatable bonds is 5. The van der Waals surface area contributed by atoms with Crippen LogP contribution in [0.25, 0.3) is 11.0 Å². The summed E-state index contributed by atoms with van der Waals surface area (Å²) in [4.78, 5) is 14.9. The smallest absolute Gasteiger partial charge is 0.228 e. The molecule has 28 heavy (non-hydrogen) atoms. The molecule has 2 heterocycles. The molecular weight excluding hydrogens is 359 g/mol. The Morgan fingerprint density at radius 1 is 1.18 bits per heavy atom. The quantitative estimate of drug-likeness (QED) is 0.692. The molecule has 4 rings (SSSR count). The van der Waals surface area contributed by atoms with E-state index in [2.05, 4.69) is 10.2 Å². The molecule has 0 radical (unpaired) electrons. The van der Waals surface area contributed by atoms with Gasteiger partial charge in [0.25, 0.3) is 0 Å². The fourth-order valence-corrected chi connectivity index (χ4v) is 3.71. The molecule has 1 amide bonds. The number of halogens is 1. The molecule has 5 nitrogen and oxygen atoms in total. The van der Waals surface area contributed by atoms with Crippen LogP contribution in [0.2, 0.25) is 0 Å². The van der Waals surface area contributed by atoms with Crippen LogP contribution in [0.3, 0.4) is 0 Å². The molecule has 0 bridgehead atoms. The van der Waals surface area contributed by atoms with Gasteiger partial charge in [-0.2, -0.15) is 0 Å². The first kappa shape index (κ1) is 18.3. The number of nitrogens with one attached hydrogen (secondary N) is 1. The van der Waals surface area contributed by atoms with Crippen LogP contribution in [-0.2, 0) is 11.2 Å². The van der Waals surface area contributed by atoms with Crippen molar-refractivity contribution in [3.8, 4) is 5.75 Å². The number of hydrogen-bond acceptors (Lipinski definition) is 4. The lowest BCUT2D eigenvalue weighted by atomic mass is 10.1. The van der Waals surface area contributed by atoms with Crippen LogP contribution in [-0.4, -0.2) is 26.1 Å². The Morgan fingerprint density at radius 2 is 2.00 bits per heavy atom. The second-order valence-corrected chi connectivity index (χ2v) is 7.06. The fraction of sp³-hybridized carbons (Fsp3) is 0.318. The van der Waals surface area contributed by atoms with Gasteiger partial charge in [0, 0.05) is 30.1 Å². The minimum Gasteiger partial charge on any atom is -0.497 e. The van der Waals surface area contributed by atoms with Gasteiger partial charge in [-0.05, 0) is 49.6 Å². The van der Waals surface area contributed by atoms with Crippen molar-refractivity contribution >= 4 is 28.3 Å². The molecule has 1 fully saturated rings. The first-order valence-electron chi connectivity index (χ1n) is 9.52. The number of anilines is 2. The average molecular weight is 382 g/mol. The number of benzene rings is 2. The normalized spacial score (nSPS) is 14.3. The summed E-state index contributed by atoms with van der Waals surface area (Å²) in [5, 5.41) is 3.75.